The molecule has 0 spiro atoms. The van der Waals surface area contributed by atoms with Crippen molar-refractivity contribution in [3.63, 3.8) is 0 Å². The number of hydrogen-bond acceptors (Lipinski definition) is 4. The van der Waals surface area contributed by atoms with Crippen molar-refractivity contribution < 1.29 is 19.1 Å². The summed E-state index contributed by atoms with van der Waals surface area (Å²) in [4.78, 5) is 38.9. The van der Waals surface area contributed by atoms with Gasteiger partial charge in [0.1, 0.15) is 6.04 Å². The number of rotatable bonds is 9. The minimum absolute atomic E-state index is 0.0214. The number of esters is 1. The van der Waals surface area contributed by atoms with E-state index in [1.807, 2.05) is 50.2 Å². The summed E-state index contributed by atoms with van der Waals surface area (Å²) in [5.74, 6) is -0.976. The van der Waals surface area contributed by atoms with E-state index in [-0.39, 0.29) is 36.1 Å². The highest BCUT2D eigenvalue weighted by atomic mass is 16.5. The van der Waals surface area contributed by atoms with Gasteiger partial charge >= 0.3 is 5.97 Å². The summed E-state index contributed by atoms with van der Waals surface area (Å²) < 4.78 is 5.10. The fourth-order valence-corrected chi connectivity index (χ4v) is 4.78. The van der Waals surface area contributed by atoms with Crippen LogP contribution in [0.4, 0.5) is 0 Å². The van der Waals surface area contributed by atoms with E-state index < -0.39 is 17.9 Å². The van der Waals surface area contributed by atoms with E-state index in [0.29, 0.717) is 11.1 Å². The second kappa shape index (κ2) is 10.7. The van der Waals surface area contributed by atoms with Crippen LogP contribution in [0.5, 0.6) is 0 Å². The smallest absolute Gasteiger partial charge is 0.328 e. The zero-order valence-corrected chi connectivity index (χ0v) is 20.3. The molecule has 0 aliphatic heterocycles. The maximum Gasteiger partial charge on any atom is 0.328 e. The predicted molar refractivity (Wildman–Crippen MR) is 135 cm³/mol. The maximum absolute atomic E-state index is 13.7. The van der Waals surface area contributed by atoms with Crippen LogP contribution < -0.4 is 5.32 Å². The zero-order chi connectivity index (χ0) is 24.9. The zero-order valence-electron chi connectivity index (χ0n) is 20.3. The lowest BCUT2D eigenvalue weighted by atomic mass is 9.99. The number of nitrogens with one attached hydrogen (secondary N) is 1. The third kappa shape index (κ3) is 5.35. The molecular weight excluding hydrogens is 438 g/mol. The summed E-state index contributed by atoms with van der Waals surface area (Å²) in [6.07, 6.45) is 0. The summed E-state index contributed by atoms with van der Waals surface area (Å²) in [5, 5.41) is 2.77. The van der Waals surface area contributed by atoms with Gasteiger partial charge in [0, 0.05) is 28.9 Å². The van der Waals surface area contributed by atoms with Crippen molar-refractivity contribution in [1.82, 2.24) is 5.32 Å². The van der Waals surface area contributed by atoms with Crippen LogP contribution in [0.1, 0.15) is 64.4 Å². The number of carbonyl (C=O) groups is 3. The molecule has 1 aliphatic carbocycles. The summed E-state index contributed by atoms with van der Waals surface area (Å²) in [5.41, 5.74) is 3.13. The maximum atomic E-state index is 13.7. The Morgan fingerprint density at radius 1 is 0.800 bits per heavy atom. The molecule has 0 aromatic heterocycles. The largest absolute Gasteiger partial charge is 0.464 e. The second-order valence-electron chi connectivity index (χ2n) is 9.29. The second-order valence-corrected chi connectivity index (χ2v) is 9.29. The van der Waals surface area contributed by atoms with Crippen molar-refractivity contribution in [3.05, 3.63) is 107 Å². The lowest BCUT2D eigenvalue weighted by Gasteiger charge is -2.20. The van der Waals surface area contributed by atoms with Crippen LogP contribution in [0.2, 0.25) is 0 Å². The molecule has 1 N–H and O–H groups in total. The fourth-order valence-electron chi connectivity index (χ4n) is 4.78. The van der Waals surface area contributed by atoms with Gasteiger partial charge in [-0.3, -0.25) is 9.59 Å². The molecule has 1 aliphatic rings. The van der Waals surface area contributed by atoms with Crippen molar-refractivity contribution in [1.29, 1.82) is 0 Å². The summed E-state index contributed by atoms with van der Waals surface area (Å²) in [7, 11) is 0. The Hall–Kier alpha value is -3.73. The van der Waals surface area contributed by atoms with Gasteiger partial charge in [-0.25, -0.2) is 4.79 Å². The van der Waals surface area contributed by atoms with E-state index in [2.05, 4.69) is 29.6 Å². The lowest BCUT2D eigenvalue weighted by Crippen LogP contribution is -2.45. The van der Waals surface area contributed by atoms with E-state index in [1.54, 1.807) is 31.2 Å². The SMILES string of the molecule is CCOC(=O)[C@@H](NC(=O)c1cccc(C(=O)C2[C@@H](c3ccccc3)[C@H]2c2ccccc2)c1)C(C)C. The van der Waals surface area contributed by atoms with Crippen LogP contribution in [-0.2, 0) is 9.53 Å². The average molecular weight is 470 g/mol. The number of ether oxygens (including phenoxy) is 1. The molecule has 1 fully saturated rings. The average Bonchev–Trinajstić information content (AvgIpc) is 3.63. The lowest BCUT2D eigenvalue weighted by molar-refractivity contribution is -0.146. The quantitative estimate of drug-likeness (QED) is 0.337. The first-order valence-corrected chi connectivity index (χ1v) is 12.1. The molecule has 0 bridgehead atoms. The molecule has 180 valence electrons. The van der Waals surface area contributed by atoms with E-state index in [0.717, 1.165) is 11.1 Å². The summed E-state index contributed by atoms with van der Waals surface area (Å²) >= 11 is 0. The molecular formula is C30H31NO4. The number of hydrogen-bond donors (Lipinski definition) is 1. The van der Waals surface area contributed by atoms with E-state index >= 15 is 0 Å². The number of ketones is 1. The van der Waals surface area contributed by atoms with Crippen LogP contribution in [0.15, 0.2) is 84.9 Å². The van der Waals surface area contributed by atoms with Gasteiger partial charge in [-0.1, -0.05) is 86.6 Å². The molecule has 1 unspecified atom stereocenters. The first-order chi connectivity index (χ1) is 16.9. The highest BCUT2D eigenvalue weighted by Gasteiger charge is 2.55. The Labute approximate surface area is 206 Å². The van der Waals surface area contributed by atoms with Crippen LogP contribution in [0, 0.1) is 11.8 Å². The monoisotopic (exact) mass is 469 g/mol. The fraction of sp³-hybridized carbons (Fsp3) is 0.300. The van der Waals surface area contributed by atoms with Crippen LogP contribution in [0.25, 0.3) is 0 Å². The molecule has 0 saturated heterocycles. The third-order valence-electron chi connectivity index (χ3n) is 6.59. The van der Waals surface area contributed by atoms with Crippen molar-refractivity contribution >= 4 is 17.7 Å². The highest BCUT2D eigenvalue weighted by molar-refractivity contribution is 6.04. The van der Waals surface area contributed by atoms with E-state index in [9.17, 15) is 14.4 Å². The molecule has 4 atom stereocenters. The van der Waals surface area contributed by atoms with Crippen molar-refractivity contribution in [2.45, 2.75) is 38.6 Å². The third-order valence-corrected chi connectivity index (χ3v) is 6.59. The molecule has 0 radical (unpaired) electrons. The number of Topliss-reactive ketones (excluding diaryl/α,β-unsaturated/α-hetero) is 1. The van der Waals surface area contributed by atoms with Gasteiger partial charge in [0.15, 0.2) is 5.78 Å². The Bertz CT molecular complexity index is 1140. The highest BCUT2D eigenvalue weighted by Crippen LogP contribution is 2.61. The first kappa shape index (κ1) is 24.4. The van der Waals surface area contributed by atoms with Crippen LogP contribution >= 0.6 is 0 Å². The van der Waals surface area contributed by atoms with Gasteiger partial charge in [0.05, 0.1) is 6.61 Å². The van der Waals surface area contributed by atoms with Crippen molar-refractivity contribution in [2.75, 3.05) is 6.61 Å². The summed E-state index contributed by atoms with van der Waals surface area (Å²) in [6.45, 7) is 5.68. The predicted octanol–water partition coefficient (Wildman–Crippen LogP) is 5.38. The molecule has 1 amide bonds. The van der Waals surface area contributed by atoms with Crippen LogP contribution in [-0.4, -0.2) is 30.3 Å². The standard InChI is InChI=1S/C30H31NO4/c1-4-35-30(34)27(19(2)3)31-29(33)23-17-11-16-22(18-23)28(32)26-24(20-12-7-5-8-13-20)25(26)21-14-9-6-10-15-21/h5-19,24-27H,4H2,1-3H3,(H,31,33)/t24-,25+,26?,27-/m0/s1. The Balaban J connectivity index is 1.57. The van der Waals surface area contributed by atoms with Gasteiger partial charge < -0.3 is 10.1 Å². The molecule has 3 aromatic rings. The number of amides is 1. The van der Waals surface area contributed by atoms with Gasteiger partial charge in [0.25, 0.3) is 5.91 Å². The first-order valence-electron chi connectivity index (χ1n) is 12.1. The summed E-state index contributed by atoms with van der Waals surface area (Å²) in [6, 6.07) is 26.2. The normalized spacial score (nSPS) is 19.6. The number of benzene rings is 3. The molecule has 3 aromatic carbocycles. The van der Waals surface area contributed by atoms with Gasteiger partial charge in [-0.2, -0.15) is 0 Å². The molecule has 5 heteroatoms. The molecule has 5 nitrogen and oxygen atoms in total. The minimum atomic E-state index is -0.754. The minimum Gasteiger partial charge on any atom is -0.464 e. The van der Waals surface area contributed by atoms with Crippen molar-refractivity contribution in [3.8, 4) is 0 Å². The van der Waals surface area contributed by atoms with Gasteiger partial charge in [-0.15, -0.1) is 0 Å². The van der Waals surface area contributed by atoms with E-state index in [1.165, 1.54) is 0 Å². The molecule has 1 saturated carbocycles. The van der Waals surface area contributed by atoms with Crippen LogP contribution in [0.3, 0.4) is 0 Å². The molecule has 4 rings (SSSR count). The Kier molecular flexibility index (Phi) is 7.45. The number of carbonyl (C=O) groups excluding carboxylic acids is 3. The topological polar surface area (TPSA) is 72.5 Å². The molecule has 35 heavy (non-hydrogen) atoms. The molecule has 0 heterocycles. The Morgan fingerprint density at radius 3 is 1.86 bits per heavy atom. The van der Waals surface area contributed by atoms with E-state index in [4.69, 9.17) is 4.74 Å². The Morgan fingerprint density at radius 2 is 1.34 bits per heavy atom. The van der Waals surface area contributed by atoms with Gasteiger partial charge in [-0.05, 0) is 36.1 Å². The van der Waals surface area contributed by atoms with Crippen molar-refractivity contribution in [2.24, 2.45) is 11.8 Å². The van der Waals surface area contributed by atoms with Gasteiger partial charge in [0.2, 0.25) is 0 Å².